The molecule has 2 unspecified atom stereocenters. The van der Waals surface area contributed by atoms with Gasteiger partial charge >= 0.3 is 7.12 Å². The fourth-order valence-corrected chi connectivity index (χ4v) is 3.12. The van der Waals surface area contributed by atoms with Gasteiger partial charge in [-0.25, -0.2) is 0 Å². The van der Waals surface area contributed by atoms with Gasteiger partial charge in [0.2, 0.25) is 0 Å². The van der Waals surface area contributed by atoms with Gasteiger partial charge in [0.1, 0.15) is 0 Å². The van der Waals surface area contributed by atoms with Crippen molar-refractivity contribution >= 4 is 7.12 Å². The standard InChI is InChI=1S/C13H24BNO2/c1-12(2)13(3,4)17-14(16-12)11-8-15-7-10(11)9-5-6-9/h9-11,15H,5-8H2,1-4H3. The second-order valence-electron chi connectivity index (χ2n) is 6.95. The molecule has 2 aliphatic heterocycles. The molecule has 1 aliphatic carbocycles. The van der Waals surface area contributed by atoms with Crippen molar-refractivity contribution in [3.8, 4) is 0 Å². The average molecular weight is 237 g/mol. The van der Waals surface area contributed by atoms with Crippen LogP contribution < -0.4 is 5.32 Å². The van der Waals surface area contributed by atoms with Crippen LogP contribution in [-0.2, 0) is 9.31 Å². The lowest BCUT2D eigenvalue weighted by Crippen LogP contribution is -2.41. The lowest BCUT2D eigenvalue weighted by Gasteiger charge is -2.32. The van der Waals surface area contributed by atoms with Crippen molar-refractivity contribution in [1.29, 1.82) is 0 Å². The van der Waals surface area contributed by atoms with Crippen molar-refractivity contribution in [2.45, 2.75) is 57.6 Å². The molecular formula is C13H24BNO2. The summed E-state index contributed by atoms with van der Waals surface area (Å²) in [6.07, 6.45) is 2.81. The molecule has 4 heteroatoms. The highest BCUT2D eigenvalue weighted by atomic mass is 16.7. The summed E-state index contributed by atoms with van der Waals surface area (Å²) in [6, 6.07) is 0. The van der Waals surface area contributed by atoms with Gasteiger partial charge in [-0.3, -0.25) is 0 Å². The van der Waals surface area contributed by atoms with E-state index in [1.807, 2.05) is 0 Å². The zero-order valence-electron chi connectivity index (χ0n) is 11.5. The first-order valence-electron chi connectivity index (χ1n) is 6.97. The second kappa shape index (κ2) is 3.72. The smallest absolute Gasteiger partial charge is 0.403 e. The Hall–Kier alpha value is -0.0551. The molecule has 2 saturated heterocycles. The van der Waals surface area contributed by atoms with Crippen LogP contribution in [0, 0.1) is 11.8 Å². The van der Waals surface area contributed by atoms with Gasteiger partial charge in [0, 0.05) is 5.82 Å². The van der Waals surface area contributed by atoms with E-state index in [4.69, 9.17) is 9.31 Å². The van der Waals surface area contributed by atoms with Gasteiger partial charge in [0.25, 0.3) is 0 Å². The summed E-state index contributed by atoms with van der Waals surface area (Å²) in [5.74, 6) is 2.24. The van der Waals surface area contributed by atoms with Crippen LogP contribution >= 0.6 is 0 Å². The van der Waals surface area contributed by atoms with Crippen LogP contribution in [0.1, 0.15) is 40.5 Å². The topological polar surface area (TPSA) is 30.5 Å². The van der Waals surface area contributed by atoms with Crippen LogP contribution in [0.15, 0.2) is 0 Å². The first-order valence-corrected chi connectivity index (χ1v) is 6.97. The normalized spacial score (nSPS) is 39.9. The minimum atomic E-state index is -0.186. The summed E-state index contributed by atoms with van der Waals surface area (Å²) in [5, 5.41) is 3.52. The molecular weight excluding hydrogens is 213 g/mol. The lowest BCUT2D eigenvalue weighted by atomic mass is 9.65. The van der Waals surface area contributed by atoms with E-state index < -0.39 is 0 Å². The number of rotatable bonds is 2. The van der Waals surface area contributed by atoms with Crippen LogP contribution in [0.2, 0.25) is 5.82 Å². The zero-order valence-corrected chi connectivity index (χ0v) is 11.5. The molecule has 2 atom stereocenters. The highest BCUT2D eigenvalue weighted by Gasteiger charge is 2.57. The van der Waals surface area contributed by atoms with Crippen molar-refractivity contribution in [2.75, 3.05) is 13.1 Å². The fraction of sp³-hybridized carbons (Fsp3) is 1.00. The summed E-state index contributed by atoms with van der Waals surface area (Å²) >= 11 is 0. The summed E-state index contributed by atoms with van der Waals surface area (Å²) in [5.41, 5.74) is -0.372. The molecule has 17 heavy (non-hydrogen) atoms. The van der Waals surface area contributed by atoms with E-state index in [-0.39, 0.29) is 18.3 Å². The van der Waals surface area contributed by atoms with Gasteiger partial charge in [-0.05, 0) is 65.5 Å². The third-order valence-electron chi connectivity index (χ3n) is 5.16. The molecule has 0 aromatic rings. The SMILES string of the molecule is CC1(C)OB(C2CNCC2C2CC2)OC1(C)C. The van der Waals surface area contributed by atoms with Crippen molar-refractivity contribution in [2.24, 2.45) is 11.8 Å². The van der Waals surface area contributed by atoms with E-state index in [2.05, 4.69) is 33.0 Å². The van der Waals surface area contributed by atoms with E-state index >= 15 is 0 Å². The molecule has 3 nitrogen and oxygen atoms in total. The predicted octanol–water partition coefficient (Wildman–Crippen LogP) is 2.08. The van der Waals surface area contributed by atoms with Gasteiger partial charge in [-0.1, -0.05) is 0 Å². The monoisotopic (exact) mass is 237 g/mol. The third kappa shape index (κ3) is 1.94. The first-order chi connectivity index (χ1) is 7.91. The predicted molar refractivity (Wildman–Crippen MR) is 68.9 cm³/mol. The minimum Gasteiger partial charge on any atom is -0.403 e. The van der Waals surface area contributed by atoms with E-state index in [1.54, 1.807) is 0 Å². The van der Waals surface area contributed by atoms with Gasteiger partial charge in [-0.15, -0.1) is 0 Å². The highest BCUT2D eigenvalue weighted by Crippen LogP contribution is 2.49. The maximum absolute atomic E-state index is 6.19. The van der Waals surface area contributed by atoms with Gasteiger partial charge < -0.3 is 14.6 Å². The van der Waals surface area contributed by atoms with E-state index in [0.29, 0.717) is 5.82 Å². The Morgan fingerprint density at radius 2 is 1.59 bits per heavy atom. The Bertz CT molecular complexity index is 299. The van der Waals surface area contributed by atoms with Crippen molar-refractivity contribution < 1.29 is 9.31 Å². The summed E-state index contributed by atoms with van der Waals surface area (Å²) in [4.78, 5) is 0. The van der Waals surface area contributed by atoms with Crippen molar-refractivity contribution in [3.63, 3.8) is 0 Å². The first kappa shape index (κ1) is 12.0. The minimum absolute atomic E-state index is 0.0133. The van der Waals surface area contributed by atoms with Crippen LogP contribution in [0.25, 0.3) is 0 Å². The van der Waals surface area contributed by atoms with E-state index in [0.717, 1.165) is 24.9 Å². The van der Waals surface area contributed by atoms with Crippen molar-refractivity contribution in [1.82, 2.24) is 5.32 Å². The van der Waals surface area contributed by atoms with Crippen LogP contribution in [0.5, 0.6) is 0 Å². The Morgan fingerprint density at radius 1 is 1.00 bits per heavy atom. The summed E-state index contributed by atoms with van der Waals surface area (Å²) in [6.45, 7) is 10.8. The summed E-state index contributed by atoms with van der Waals surface area (Å²) < 4.78 is 12.4. The Morgan fingerprint density at radius 3 is 2.12 bits per heavy atom. The van der Waals surface area contributed by atoms with Crippen LogP contribution in [-0.4, -0.2) is 31.4 Å². The van der Waals surface area contributed by atoms with Gasteiger partial charge in [0.05, 0.1) is 11.2 Å². The Balaban J connectivity index is 1.73. The van der Waals surface area contributed by atoms with Crippen LogP contribution in [0.3, 0.4) is 0 Å². The zero-order chi connectivity index (χ0) is 12.3. The molecule has 2 heterocycles. The fourth-order valence-electron chi connectivity index (χ4n) is 3.12. The lowest BCUT2D eigenvalue weighted by molar-refractivity contribution is 0.00578. The van der Waals surface area contributed by atoms with E-state index in [9.17, 15) is 0 Å². The molecule has 3 rings (SSSR count). The number of nitrogens with one attached hydrogen (secondary N) is 1. The molecule has 0 aromatic carbocycles. The molecule has 3 aliphatic rings. The molecule has 1 N–H and O–H groups in total. The third-order valence-corrected chi connectivity index (χ3v) is 5.16. The molecule has 96 valence electrons. The largest absolute Gasteiger partial charge is 0.462 e. The highest BCUT2D eigenvalue weighted by molar-refractivity contribution is 6.47. The maximum Gasteiger partial charge on any atom is 0.462 e. The summed E-state index contributed by atoms with van der Waals surface area (Å²) in [7, 11) is -0.0133. The van der Waals surface area contributed by atoms with Gasteiger partial charge in [0.15, 0.2) is 0 Å². The Kier molecular flexibility index (Phi) is 2.63. The molecule has 3 fully saturated rings. The average Bonchev–Trinajstić information content (AvgIpc) is 2.88. The Labute approximate surface area is 105 Å². The second-order valence-corrected chi connectivity index (χ2v) is 6.95. The molecule has 0 amide bonds. The quantitative estimate of drug-likeness (QED) is 0.746. The maximum atomic E-state index is 6.19. The molecule has 0 spiro atoms. The number of hydrogen-bond donors (Lipinski definition) is 1. The molecule has 0 bridgehead atoms. The molecule has 0 aromatic heterocycles. The van der Waals surface area contributed by atoms with Crippen molar-refractivity contribution in [3.05, 3.63) is 0 Å². The number of hydrogen-bond acceptors (Lipinski definition) is 3. The van der Waals surface area contributed by atoms with Crippen LogP contribution in [0.4, 0.5) is 0 Å². The van der Waals surface area contributed by atoms with Gasteiger partial charge in [-0.2, -0.15) is 0 Å². The van der Waals surface area contributed by atoms with E-state index in [1.165, 1.54) is 12.8 Å². The molecule has 1 saturated carbocycles. The molecule has 0 radical (unpaired) electrons.